The molecule has 3 rings (SSSR count). The van der Waals surface area contributed by atoms with Crippen LogP contribution >= 0.6 is 0 Å². The van der Waals surface area contributed by atoms with Crippen LogP contribution in [0.1, 0.15) is 25.0 Å². The van der Waals surface area contributed by atoms with E-state index in [1.807, 2.05) is 13.0 Å². The molecular formula is C15H23N3O2. The van der Waals surface area contributed by atoms with Gasteiger partial charge in [-0.1, -0.05) is 0 Å². The van der Waals surface area contributed by atoms with Crippen molar-refractivity contribution in [1.82, 2.24) is 10.2 Å². The predicted octanol–water partition coefficient (Wildman–Crippen LogP) is 1.81. The van der Waals surface area contributed by atoms with E-state index in [0.29, 0.717) is 5.41 Å². The smallest absolute Gasteiger partial charge is 0.151 e. The first-order chi connectivity index (χ1) is 9.71. The maximum absolute atomic E-state index is 5.87. The number of ether oxygens (including phenoxy) is 2. The van der Waals surface area contributed by atoms with Crippen LogP contribution in [-0.2, 0) is 9.47 Å². The van der Waals surface area contributed by atoms with Gasteiger partial charge in [-0.25, -0.2) is 0 Å². The second-order valence-electron chi connectivity index (χ2n) is 6.11. The zero-order valence-corrected chi connectivity index (χ0v) is 12.3. The van der Waals surface area contributed by atoms with Gasteiger partial charge in [0.15, 0.2) is 5.82 Å². The average Bonchev–Trinajstić information content (AvgIpc) is 2.84. The van der Waals surface area contributed by atoms with E-state index in [9.17, 15) is 0 Å². The summed E-state index contributed by atoms with van der Waals surface area (Å²) in [7, 11) is 1.74. The molecule has 5 heteroatoms. The van der Waals surface area contributed by atoms with Gasteiger partial charge < -0.3 is 14.4 Å². The molecule has 2 fully saturated rings. The minimum atomic E-state index is 0.283. The summed E-state index contributed by atoms with van der Waals surface area (Å²) in [5.41, 5.74) is 1.33. The molecule has 3 heterocycles. The van der Waals surface area contributed by atoms with Crippen molar-refractivity contribution in [1.29, 1.82) is 0 Å². The summed E-state index contributed by atoms with van der Waals surface area (Å²) in [6.07, 6.45) is 3.76. The van der Waals surface area contributed by atoms with E-state index in [1.54, 1.807) is 7.11 Å². The van der Waals surface area contributed by atoms with Crippen molar-refractivity contribution in [2.45, 2.75) is 32.3 Å². The highest BCUT2D eigenvalue weighted by atomic mass is 16.5. The largest absolute Gasteiger partial charge is 0.382 e. The van der Waals surface area contributed by atoms with E-state index in [0.717, 1.165) is 44.2 Å². The van der Waals surface area contributed by atoms with Crippen molar-refractivity contribution in [3.63, 3.8) is 0 Å². The number of anilines is 1. The fourth-order valence-corrected chi connectivity index (χ4v) is 3.31. The first-order valence-electron chi connectivity index (χ1n) is 7.37. The van der Waals surface area contributed by atoms with Crippen molar-refractivity contribution in [2.75, 3.05) is 38.3 Å². The van der Waals surface area contributed by atoms with Gasteiger partial charge in [0.1, 0.15) is 0 Å². The van der Waals surface area contributed by atoms with Crippen LogP contribution in [0.2, 0.25) is 0 Å². The molecule has 2 saturated heterocycles. The highest BCUT2D eigenvalue weighted by molar-refractivity contribution is 5.38. The quantitative estimate of drug-likeness (QED) is 0.843. The lowest BCUT2D eigenvalue weighted by Crippen LogP contribution is -2.41. The number of piperidine rings is 1. The van der Waals surface area contributed by atoms with Crippen molar-refractivity contribution in [3.8, 4) is 0 Å². The van der Waals surface area contributed by atoms with E-state index in [1.165, 1.54) is 12.8 Å². The van der Waals surface area contributed by atoms with Gasteiger partial charge in [0.2, 0.25) is 0 Å². The zero-order valence-electron chi connectivity index (χ0n) is 12.3. The molecule has 1 aromatic heterocycles. The maximum atomic E-state index is 5.87. The van der Waals surface area contributed by atoms with Crippen LogP contribution in [0.5, 0.6) is 0 Å². The summed E-state index contributed by atoms with van der Waals surface area (Å²) in [6, 6.07) is 4.10. The Morgan fingerprint density at radius 3 is 2.80 bits per heavy atom. The van der Waals surface area contributed by atoms with Crippen molar-refractivity contribution in [3.05, 3.63) is 17.8 Å². The third-order valence-electron chi connectivity index (χ3n) is 4.57. The molecule has 2 aliphatic rings. The second kappa shape index (κ2) is 5.66. The second-order valence-corrected chi connectivity index (χ2v) is 6.11. The summed E-state index contributed by atoms with van der Waals surface area (Å²) in [6.45, 7) is 5.65. The average molecular weight is 277 g/mol. The fraction of sp³-hybridized carbons (Fsp3) is 0.733. The molecule has 20 heavy (non-hydrogen) atoms. The summed E-state index contributed by atoms with van der Waals surface area (Å²) < 4.78 is 11.1. The molecule has 0 bridgehead atoms. The topological polar surface area (TPSA) is 47.5 Å². The molecule has 1 aromatic rings. The molecule has 0 aliphatic carbocycles. The fourth-order valence-electron chi connectivity index (χ4n) is 3.31. The van der Waals surface area contributed by atoms with Gasteiger partial charge >= 0.3 is 0 Å². The Morgan fingerprint density at radius 1 is 1.35 bits per heavy atom. The van der Waals surface area contributed by atoms with Gasteiger partial charge in [0, 0.05) is 20.2 Å². The summed E-state index contributed by atoms with van der Waals surface area (Å²) in [5.74, 6) is 0.998. The molecule has 110 valence electrons. The van der Waals surface area contributed by atoms with Crippen LogP contribution in [0, 0.1) is 12.3 Å². The number of nitrogens with zero attached hydrogens (tertiary/aromatic N) is 3. The number of hydrogen-bond donors (Lipinski definition) is 0. The first-order valence-corrected chi connectivity index (χ1v) is 7.37. The molecule has 1 atom stereocenters. The van der Waals surface area contributed by atoms with Gasteiger partial charge in [-0.2, -0.15) is 5.10 Å². The van der Waals surface area contributed by atoms with E-state index in [-0.39, 0.29) is 6.10 Å². The minimum absolute atomic E-state index is 0.283. The maximum Gasteiger partial charge on any atom is 0.151 e. The Morgan fingerprint density at radius 2 is 2.15 bits per heavy atom. The lowest BCUT2D eigenvalue weighted by Gasteiger charge is -2.38. The monoisotopic (exact) mass is 277 g/mol. The van der Waals surface area contributed by atoms with Crippen LogP contribution < -0.4 is 4.90 Å². The lowest BCUT2D eigenvalue weighted by molar-refractivity contribution is 0.0328. The Kier molecular flexibility index (Phi) is 3.89. The summed E-state index contributed by atoms with van der Waals surface area (Å²) in [5, 5.41) is 8.43. The van der Waals surface area contributed by atoms with E-state index in [4.69, 9.17) is 9.47 Å². The molecule has 0 N–H and O–H groups in total. The summed E-state index contributed by atoms with van der Waals surface area (Å²) >= 11 is 0. The molecule has 0 radical (unpaired) electrons. The number of methoxy groups -OCH3 is 1. The van der Waals surface area contributed by atoms with Gasteiger partial charge in [-0.3, -0.25) is 0 Å². The minimum Gasteiger partial charge on any atom is -0.382 e. The Bertz CT molecular complexity index is 441. The van der Waals surface area contributed by atoms with Gasteiger partial charge in [-0.05, 0) is 43.7 Å². The molecule has 1 spiro atoms. The molecule has 0 unspecified atom stereocenters. The highest BCUT2D eigenvalue weighted by Gasteiger charge is 2.42. The number of aryl methyl sites for hydroxylation is 1. The highest BCUT2D eigenvalue weighted by Crippen LogP contribution is 2.42. The predicted molar refractivity (Wildman–Crippen MR) is 76.9 cm³/mol. The van der Waals surface area contributed by atoms with Crippen molar-refractivity contribution >= 4 is 5.82 Å². The van der Waals surface area contributed by atoms with E-state index < -0.39 is 0 Å². The Hall–Kier alpha value is -1.20. The number of hydrogen-bond acceptors (Lipinski definition) is 5. The Labute approximate surface area is 120 Å². The third kappa shape index (κ3) is 2.79. The Balaban J connectivity index is 1.58. The van der Waals surface area contributed by atoms with Crippen LogP contribution in [-0.4, -0.2) is 49.7 Å². The van der Waals surface area contributed by atoms with E-state index >= 15 is 0 Å². The lowest BCUT2D eigenvalue weighted by atomic mass is 9.77. The third-order valence-corrected chi connectivity index (χ3v) is 4.57. The van der Waals surface area contributed by atoms with Gasteiger partial charge in [-0.15, -0.1) is 5.10 Å². The standard InChI is InChI=1S/C15H23N3O2/c1-12-3-4-14(17-16-12)18-7-5-15(6-8-18)9-13(10-19-2)20-11-15/h3-4,13H,5-11H2,1-2H3/t13-/m0/s1. The van der Waals surface area contributed by atoms with Crippen LogP contribution in [0.15, 0.2) is 12.1 Å². The molecule has 2 aliphatic heterocycles. The first kappa shape index (κ1) is 13.8. The van der Waals surface area contributed by atoms with Gasteiger partial charge in [0.25, 0.3) is 0 Å². The zero-order chi connectivity index (χ0) is 14.0. The molecule has 0 aromatic carbocycles. The molecule has 0 saturated carbocycles. The van der Waals surface area contributed by atoms with Crippen LogP contribution in [0.25, 0.3) is 0 Å². The molecule has 5 nitrogen and oxygen atoms in total. The van der Waals surface area contributed by atoms with Crippen molar-refractivity contribution < 1.29 is 9.47 Å². The van der Waals surface area contributed by atoms with Gasteiger partial charge in [0.05, 0.1) is 25.0 Å². The SMILES string of the molecule is COC[C@@H]1CC2(CCN(c3ccc(C)nn3)CC2)CO1. The molecular weight excluding hydrogens is 254 g/mol. The van der Waals surface area contributed by atoms with E-state index in [2.05, 4.69) is 21.2 Å². The van der Waals surface area contributed by atoms with Crippen LogP contribution in [0.3, 0.4) is 0 Å². The van der Waals surface area contributed by atoms with Crippen LogP contribution in [0.4, 0.5) is 5.82 Å². The normalized spacial score (nSPS) is 25.3. The number of aromatic nitrogens is 2. The molecule has 0 amide bonds. The number of rotatable bonds is 3. The van der Waals surface area contributed by atoms with Crippen molar-refractivity contribution in [2.24, 2.45) is 5.41 Å². The summed E-state index contributed by atoms with van der Waals surface area (Å²) in [4.78, 5) is 2.33.